The molecule has 0 aliphatic carbocycles. The Morgan fingerprint density at radius 1 is 1.44 bits per heavy atom. The maximum Gasteiger partial charge on any atom is 0.222 e. The molecule has 1 heterocycles. The number of carbonyl (C=O) groups excluding carboxylic acids is 1. The van der Waals surface area contributed by atoms with Gasteiger partial charge in [0.1, 0.15) is 5.82 Å². The predicted molar refractivity (Wildman–Crippen MR) is 110 cm³/mol. The number of nitrogens with one attached hydrogen (secondary N) is 2. The Hall–Kier alpha value is -1.38. The van der Waals surface area contributed by atoms with Crippen molar-refractivity contribution >= 4 is 35.8 Å². The van der Waals surface area contributed by atoms with Crippen LogP contribution in [0.25, 0.3) is 0 Å². The van der Waals surface area contributed by atoms with E-state index in [0.717, 1.165) is 50.4 Å². The molecule has 25 heavy (non-hydrogen) atoms. The number of aliphatic imine (C=N–C) groups is 1. The molecule has 1 unspecified atom stereocenters. The molecule has 1 saturated heterocycles. The van der Waals surface area contributed by atoms with Gasteiger partial charge in [0.2, 0.25) is 5.91 Å². The minimum absolute atomic E-state index is 0. The maximum absolute atomic E-state index is 13.1. The molecule has 7 heteroatoms. The lowest BCUT2D eigenvalue weighted by atomic mass is 10.1. The number of halogens is 2. The fraction of sp³-hybridized carbons (Fsp3) is 0.556. The van der Waals surface area contributed by atoms with Crippen molar-refractivity contribution in [2.45, 2.75) is 38.6 Å². The lowest BCUT2D eigenvalue weighted by Crippen LogP contribution is -2.45. The Balaban J connectivity index is 0.00000312. The van der Waals surface area contributed by atoms with Crippen molar-refractivity contribution < 1.29 is 9.18 Å². The highest BCUT2D eigenvalue weighted by Gasteiger charge is 2.25. The third-order valence-electron chi connectivity index (χ3n) is 4.23. The Bertz CT molecular complexity index is 582. The Kier molecular flexibility index (Phi) is 9.77. The van der Waals surface area contributed by atoms with E-state index >= 15 is 0 Å². The van der Waals surface area contributed by atoms with Crippen molar-refractivity contribution in [3.63, 3.8) is 0 Å². The third kappa shape index (κ3) is 7.17. The van der Waals surface area contributed by atoms with Crippen LogP contribution in [0, 0.1) is 5.82 Å². The smallest absolute Gasteiger partial charge is 0.222 e. The van der Waals surface area contributed by atoms with Gasteiger partial charge in [0, 0.05) is 39.1 Å². The Morgan fingerprint density at radius 2 is 2.24 bits per heavy atom. The molecule has 5 nitrogen and oxygen atoms in total. The molecule has 0 aromatic heterocycles. The molecule has 1 aromatic carbocycles. The first-order valence-electron chi connectivity index (χ1n) is 8.61. The van der Waals surface area contributed by atoms with Crippen molar-refractivity contribution in [2.75, 3.05) is 26.7 Å². The van der Waals surface area contributed by atoms with E-state index in [1.165, 1.54) is 6.07 Å². The summed E-state index contributed by atoms with van der Waals surface area (Å²) in [5.74, 6) is 0.771. The van der Waals surface area contributed by atoms with Gasteiger partial charge in [-0.2, -0.15) is 0 Å². The zero-order chi connectivity index (χ0) is 17.4. The number of rotatable bonds is 6. The van der Waals surface area contributed by atoms with Crippen LogP contribution in [0.5, 0.6) is 0 Å². The molecule has 1 fully saturated rings. The third-order valence-corrected chi connectivity index (χ3v) is 4.23. The molecule has 140 valence electrons. The first kappa shape index (κ1) is 21.7. The standard InChI is InChI=1S/C18H27FN4O.HI/c1-3-17(24)23-11-9-16(13-23)22-18(20-2)21-10-5-7-14-6-4-8-15(19)12-14;/h4,6,8,12,16H,3,5,7,9-11,13H2,1-2H3,(H2,20,21,22);1H. The van der Waals surface area contributed by atoms with Crippen LogP contribution in [0.1, 0.15) is 31.7 Å². The molecule has 0 bridgehead atoms. The largest absolute Gasteiger partial charge is 0.356 e. The van der Waals surface area contributed by atoms with Crippen LogP contribution in [-0.2, 0) is 11.2 Å². The van der Waals surface area contributed by atoms with Gasteiger partial charge in [0.05, 0.1) is 0 Å². The van der Waals surface area contributed by atoms with Gasteiger partial charge in [-0.05, 0) is 37.0 Å². The normalized spacial score (nSPS) is 17.2. The monoisotopic (exact) mass is 462 g/mol. The van der Waals surface area contributed by atoms with Crippen molar-refractivity contribution in [1.82, 2.24) is 15.5 Å². The molecular weight excluding hydrogens is 434 g/mol. The van der Waals surface area contributed by atoms with Crippen molar-refractivity contribution in [3.8, 4) is 0 Å². The van der Waals surface area contributed by atoms with E-state index in [1.807, 2.05) is 17.9 Å². The summed E-state index contributed by atoms with van der Waals surface area (Å²) in [4.78, 5) is 17.8. The van der Waals surface area contributed by atoms with Gasteiger partial charge in [0.15, 0.2) is 5.96 Å². The summed E-state index contributed by atoms with van der Waals surface area (Å²) in [6, 6.07) is 6.96. The van der Waals surface area contributed by atoms with Crippen LogP contribution in [0.3, 0.4) is 0 Å². The minimum atomic E-state index is -0.189. The minimum Gasteiger partial charge on any atom is -0.356 e. The fourth-order valence-corrected chi connectivity index (χ4v) is 2.91. The molecule has 0 saturated carbocycles. The first-order valence-corrected chi connectivity index (χ1v) is 8.61. The molecule has 0 radical (unpaired) electrons. The summed E-state index contributed by atoms with van der Waals surface area (Å²) in [7, 11) is 1.74. The zero-order valence-corrected chi connectivity index (χ0v) is 17.3. The van der Waals surface area contributed by atoms with E-state index in [1.54, 1.807) is 19.2 Å². The highest BCUT2D eigenvalue weighted by Crippen LogP contribution is 2.10. The summed E-state index contributed by atoms with van der Waals surface area (Å²) < 4.78 is 13.1. The van der Waals surface area contributed by atoms with Gasteiger partial charge in [-0.15, -0.1) is 24.0 Å². The molecule has 0 spiro atoms. The van der Waals surface area contributed by atoms with Crippen LogP contribution in [0.15, 0.2) is 29.3 Å². The van der Waals surface area contributed by atoms with Gasteiger partial charge in [-0.25, -0.2) is 4.39 Å². The maximum atomic E-state index is 13.1. The highest BCUT2D eigenvalue weighted by molar-refractivity contribution is 14.0. The van der Waals surface area contributed by atoms with E-state index < -0.39 is 0 Å². The van der Waals surface area contributed by atoms with Gasteiger partial charge >= 0.3 is 0 Å². The molecule has 1 aromatic rings. The van der Waals surface area contributed by atoms with Crippen molar-refractivity contribution in [2.24, 2.45) is 4.99 Å². The van der Waals surface area contributed by atoms with Crippen LogP contribution >= 0.6 is 24.0 Å². The number of aryl methyl sites for hydroxylation is 1. The summed E-state index contributed by atoms with van der Waals surface area (Å²) in [6.07, 6.45) is 3.22. The lowest BCUT2D eigenvalue weighted by Gasteiger charge is -2.18. The van der Waals surface area contributed by atoms with Crippen LogP contribution in [-0.4, -0.2) is 49.5 Å². The average Bonchev–Trinajstić information content (AvgIpc) is 3.05. The van der Waals surface area contributed by atoms with E-state index in [2.05, 4.69) is 15.6 Å². The topological polar surface area (TPSA) is 56.7 Å². The molecule has 2 N–H and O–H groups in total. The van der Waals surface area contributed by atoms with Crippen LogP contribution < -0.4 is 10.6 Å². The fourth-order valence-electron chi connectivity index (χ4n) is 2.91. The first-order chi connectivity index (χ1) is 11.6. The van der Waals surface area contributed by atoms with Crippen LogP contribution in [0.2, 0.25) is 0 Å². The molecule has 1 atom stereocenters. The second kappa shape index (κ2) is 11.3. The predicted octanol–water partition coefficient (Wildman–Crippen LogP) is 2.55. The average molecular weight is 462 g/mol. The lowest BCUT2D eigenvalue weighted by molar-refractivity contribution is -0.129. The molecule has 1 aliphatic rings. The Labute approximate surface area is 166 Å². The van der Waals surface area contributed by atoms with Crippen LogP contribution in [0.4, 0.5) is 4.39 Å². The summed E-state index contributed by atoms with van der Waals surface area (Å²) >= 11 is 0. The second-order valence-electron chi connectivity index (χ2n) is 6.06. The zero-order valence-electron chi connectivity index (χ0n) is 14.9. The Morgan fingerprint density at radius 3 is 2.92 bits per heavy atom. The van der Waals surface area contributed by atoms with Gasteiger partial charge in [-0.1, -0.05) is 19.1 Å². The van der Waals surface area contributed by atoms with Gasteiger partial charge in [-0.3, -0.25) is 9.79 Å². The number of nitrogens with zero attached hydrogens (tertiary/aromatic N) is 2. The number of amides is 1. The number of carbonyl (C=O) groups is 1. The van der Waals surface area contributed by atoms with Gasteiger partial charge < -0.3 is 15.5 Å². The SMILES string of the molecule is CCC(=O)N1CCC(NC(=NC)NCCCc2cccc(F)c2)C1.I. The van der Waals surface area contributed by atoms with Crippen molar-refractivity contribution in [1.29, 1.82) is 0 Å². The number of hydrogen-bond acceptors (Lipinski definition) is 2. The molecular formula is C18H28FIN4O. The molecule has 1 aliphatic heterocycles. The van der Waals surface area contributed by atoms with E-state index in [0.29, 0.717) is 6.42 Å². The summed E-state index contributed by atoms with van der Waals surface area (Å²) in [5.41, 5.74) is 1.00. The van der Waals surface area contributed by atoms with E-state index in [4.69, 9.17) is 0 Å². The van der Waals surface area contributed by atoms with Gasteiger partial charge in [0.25, 0.3) is 0 Å². The number of likely N-dealkylation sites (tertiary alicyclic amines) is 1. The number of hydrogen-bond donors (Lipinski definition) is 2. The summed E-state index contributed by atoms with van der Waals surface area (Å²) in [5, 5.41) is 6.65. The number of guanidine groups is 1. The second-order valence-corrected chi connectivity index (χ2v) is 6.06. The molecule has 1 amide bonds. The van der Waals surface area contributed by atoms with E-state index in [9.17, 15) is 9.18 Å². The molecule has 2 rings (SSSR count). The summed E-state index contributed by atoms with van der Waals surface area (Å²) in [6.45, 7) is 4.19. The van der Waals surface area contributed by atoms with Crippen molar-refractivity contribution in [3.05, 3.63) is 35.6 Å². The number of benzene rings is 1. The highest BCUT2D eigenvalue weighted by atomic mass is 127. The quantitative estimate of drug-likeness (QED) is 0.296. The van der Waals surface area contributed by atoms with E-state index in [-0.39, 0.29) is 41.7 Å².